The minimum Gasteiger partial charge on any atom is -0.381 e. The van der Waals surface area contributed by atoms with Crippen molar-refractivity contribution in [3.8, 4) is 0 Å². The molecule has 0 radical (unpaired) electrons. The summed E-state index contributed by atoms with van der Waals surface area (Å²) in [6, 6.07) is 0.584. The first kappa shape index (κ1) is 10.5. The first-order valence-corrected chi connectivity index (χ1v) is 6.94. The molecule has 0 bridgehead atoms. The molecule has 1 aliphatic carbocycles. The lowest BCUT2D eigenvalue weighted by atomic mass is 10.2. The van der Waals surface area contributed by atoms with E-state index in [2.05, 4.69) is 15.5 Å². The van der Waals surface area contributed by atoms with Gasteiger partial charge in [-0.2, -0.15) is 11.8 Å². The number of nitrogens with zero attached hydrogens (tertiary/aromatic N) is 4. The second-order valence-electron chi connectivity index (χ2n) is 4.39. The van der Waals surface area contributed by atoms with Gasteiger partial charge in [-0.15, -0.1) is 5.10 Å². The normalized spacial score (nSPS) is 22.5. The van der Waals surface area contributed by atoms with Crippen LogP contribution in [0.3, 0.4) is 0 Å². The Kier molecular flexibility index (Phi) is 3.10. The van der Waals surface area contributed by atoms with E-state index in [9.17, 15) is 0 Å². The lowest BCUT2D eigenvalue weighted by Gasteiger charge is -2.21. The van der Waals surface area contributed by atoms with Gasteiger partial charge in [0.2, 0.25) is 0 Å². The first-order valence-electron chi connectivity index (χ1n) is 5.89. The minimum atomic E-state index is 0.584. The number of thioether (sulfide) groups is 1. The SMILES string of the molecule is C1CC(SCc2nnnn2C2CC2)CCO1. The van der Waals surface area contributed by atoms with Crippen molar-refractivity contribution in [3.05, 3.63) is 5.82 Å². The number of tetrazole rings is 1. The zero-order valence-electron chi connectivity index (χ0n) is 9.21. The number of ether oxygens (including phenoxy) is 1. The molecule has 16 heavy (non-hydrogen) atoms. The summed E-state index contributed by atoms with van der Waals surface area (Å²) in [5.74, 6) is 1.98. The van der Waals surface area contributed by atoms with Crippen LogP contribution in [0.4, 0.5) is 0 Å². The predicted octanol–water partition coefficient (Wildman–Crippen LogP) is 1.42. The number of hydrogen-bond donors (Lipinski definition) is 0. The van der Waals surface area contributed by atoms with Gasteiger partial charge in [0.15, 0.2) is 5.82 Å². The molecule has 1 aromatic heterocycles. The smallest absolute Gasteiger partial charge is 0.161 e. The van der Waals surface area contributed by atoms with Gasteiger partial charge in [0.05, 0.1) is 11.8 Å². The van der Waals surface area contributed by atoms with E-state index >= 15 is 0 Å². The van der Waals surface area contributed by atoms with E-state index in [4.69, 9.17) is 4.74 Å². The van der Waals surface area contributed by atoms with Gasteiger partial charge < -0.3 is 4.74 Å². The molecule has 0 amide bonds. The molecule has 3 rings (SSSR count). The highest BCUT2D eigenvalue weighted by atomic mass is 32.2. The molecule has 0 N–H and O–H groups in total. The second kappa shape index (κ2) is 4.71. The van der Waals surface area contributed by atoms with Crippen LogP contribution in [-0.4, -0.2) is 38.7 Å². The van der Waals surface area contributed by atoms with Gasteiger partial charge in [-0.3, -0.25) is 0 Å². The van der Waals surface area contributed by atoms with Crippen LogP contribution in [0.15, 0.2) is 0 Å². The lowest BCUT2D eigenvalue weighted by Crippen LogP contribution is -2.18. The van der Waals surface area contributed by atoms with Gasteiger partial charge in [-0.1, -0.05) is 0 Å². The average Bonchev–Trinajstić information content (AvgIpc) is 3.07. The fraction of sp³-hybridized carbons (Fsp3) is 0.900. The number of hydrogen-bond acceptors (Lipinski definition) is 5. The van der Waals surface area contributed by atoms with E-state index in [1.807, 2.05) is 16.4 Å². The van der Waals surface area contributed by atoms with Gasteiger partial charge in [0, 0.05) is 18.5 Å². The predicted molar refractivity (Wildman–Crippen MR) is 61.2 cm³/mol. The summed E-state index contributed by atoms with van der Waals surface area (Å²) in [4.78, 5) is 0. The topological polar surface area (TPSA) is 52.8 Å². The molecule has 1 aromatic rings. The third-order valence-corrected chi connectivity index (χ3v) is 4.44. The van der Waals surface area contributed by atoms with E-state index in [0.29, 0.717) is 6.04 Å². The van der Waals surface area contributed by atoms with Crippen molar-refractivity contribution in [2.24, 2.45) is 0 Å². The highest BCUT2D eigenvalue weighted by Gasteiger charge is 2.28. The quantitative estimate of drug-likeness (QED) is 0.796. The molecule has 5 nitrogen and oxygen atoms in total. The van der Waals surface area contributed by atoms with Crippen LogP contribution < -0.4 is 0 Å². The first-order chi connectivity index (χ1) is 7.93. The maximum absolute atomic E-state index is 5.35. The maximum Gasteiger partial charge on any atom is 0.161 e. The molecule has 2 fully saturated rings. The Hall–Kier alpha value is -0.620. The van der Waals surface area contributed by atoms with Crippen LogP contribution in [0, 0.1) is 0 Å². The van der Waals surface area contributed by atoms with Crippen molar-refractivity contribution < 1.29 is 4.74 Å². The van der Waals surface area contributed by atoms with Crippen molar-refractivity contribution in [1.29, 1.82) is 0 Å². The molecule has 0 unspecified atom stereocenters. The highest BCUT2D eigenvalue weighted by Crippen LogP contribution is 2.35. The Balaban J connectivity index is 1.54. The van der Waals surface area contributed by atoms with Crippen molar-refractivity contribution in [3.63, 3.8) is 0 Å². The van der Waals surface area contributed by atoms with Gasteiger partial charge in [-0.05, 0) is 36.1 Å². The molecule has 0 aromatic carbocycles. The highest BCUT2D eigenvalue weighted by molar-refractivity contribution is 7.99. The standard InChI is InChI=1S/C10H16N4OS/c1-2-8(1)14-10(11-12-13-14)7-16-9-3-5-15-6-4-9/h8-9H,1-7H2. The van der Waals surface area contributed by atoms with Crippen LogP contribution in [0.5, 0.6) is 0 Å². The van der Waals surface area contributed by atoms with Gasteiger partial charge in [0.1, 0.15) is 0 Å². The molecular formula is C10H16N4OS. The Bertz CT molecular complexity index is 346. The van der Waals surface area contributed by atoms with Gasteiger partial charge in [-0.25, -0.2) is 4.68 Å². The van der Waals surface area contributed by atoms with Crippen molar-refractivity contribution in [2.75, 3.05) is 13.2 Å². The molecule has 0 spiro atoms. The molecule has 1 saturated heterocycles. The zero-order valence-corrected chi connectivity index (χ0v) is 10.0. The average molecular weight is 240 g/mol. The summed E-state index contributed by atoms with van der Waals surface area (Å²) in [7, 11) is 0. The molecule has 1 saturated carbocycles. The minimum absolute atomic E-state index is 0.584. The zero-order chi connectivity index (χ0) is 10.8. The summed E-state index contributed by atoms with van der Waals surface area (Å²) in [6.07, 6.45) is 4.80. The second-order valence-corrected chi connectivity index (χ2v) is 5.68. The van der Waals surface area contributed by atoms with Gasteiger partial charge >= 0.3 is 0 Å². The van der Waals surface area contributed by atoms with Crippen molar-refractivity contribution >= 4 is 11.8 Å². The summed E-state index contributed by atoms with van der Waals surface area (Å²) >= 11 is 1.97. The lowest BCUT2D eigenvalue weighted by molar-refractivity contribution is 0.1000. The molecule has 2 aliphatic rings. The summed E-state index contributed by atoms with van der Waals surface area (Å²) in [6.45, 7) is 1.82. The molecule has 6 heteroatoms. The molecule has 88 valence electrons. The Morgan fingerprint density at radius 2 is 2.06 bits per heavy atom. The van der Waals surface area contributed by atoms with Crippen LogP contribution in [0.25, 0.3) is 0 Å². The monoisotopic (exact) mass is 240 g/mol. The Morgan fingerprint density at radius 3 is 2.81 bits per heavy atom. The van der Waals surface area contributed by atoms with E-state index in [1.54, 1.807) is 0 Å². The fourth-order valence-corrected chi connectivity index (χ4v) is 3.05. The number of rotatable bonds is 4. The van der Waals surface area contributed by atoms with Gasteiger partial charge in [0.25, 0.3) is 0 Å². The molecule has 1 aliphatic heterocycles. The molecule has 0 atom stereocenters. The molecule has 2 heterocycles. The van der Waals surface area contributed by atoms with E-state index < -0.39 is 0 Å². The third kappa shape index (κ3) is 2.38. The van der Waals surface area contributed by atoms with Crippen LogP contribution in [-0.2, 0) is 10.5 Å². The van der Waals surface area contributed by atoms with Crippen LogP contribution in [0.2, 0.25) is 0 Å². The maximum atomic E-state index is 5.35. The summed E-state index contributed by atoms with van der Waals surface area (Å²) < 4.78 is 7.36. The van der Waals surface area contributed by atoms with E-state index in [1.165, 1.54) is 12.8 Å². The fourth-order valence-electron chi connectivity index (χ4n) is 1.95. The Labute approximate surface area is 98.9 Å². The van der Waals surface area contributed by atoms with E-state index in [0.717, 1.165) is 42.9 Å². The summed E-state index contributed by atoms with van der Waals surface area (Å²) in [5, 5.41) is 12.7. The largest absolute Gasteiger partial charge is 0.381 e. The Morgan fingerprint density at radius 1 is 1.25 bits per heavy atom. The molecular weight excluding hydrogens is 224 g/mol. The van der Waals surface area contributed by atoms with Crippen LogP contribution >= 0.6 is 11.8 Å². The third-order valence-electron chi connectivity index (χ3n) is 3.07. The number of aromatic nitrogens is 4. The van der Waals surface area contributed by atoms with Crippen LogP contribution in [0.1, 0.15) is 37.5 Å². The summed E-state index contributed by atoms with van der Waals surface area (Å²) in [5.41, 5.74) is 0. The van der Waals surface area contributed by atoms with Crippen molar-refractivity contribution in [2.45, 2.75) is 42.7 Å². The van der Waals surface area contributed by atoms with Crippen molar-refractivity contribution in [1.82, 2.24) is 20.2 Å². The van der Waals surface area contributed by atoms with E-state index in [-0.39, 0.29) is 0 Å².